The first-order valence-corrected chi connectivity index (χ1v) is 6.52. The highest BCUT2D eigenvalue weighted by Crippen LogP contribution is 2.06. The molecule has 0 aliphatic rings. The van der Waals surface area contributed by atoms with Gasteiger partial charge in [0.25, 0.3) is 0 Å². The zero-order valence-corrected chi connectivity index (χ0v) is 10.9. The zero-order valence-electron chi connectivity index (χ0n) is 10.9. The first kappa shape index (κ1) is 13.2. The summed E-state index contributed by atoms with van der Waals surface area (Å²) in [7, 11) is 0. The van der Waals surface area contributed by atoms with Crippen LogP contribution in [0.1, 0.15) is 45.6 Å². The summed E-state index contributed by atoms with van der Waals surface area (Å²) in [6, 6.07) is 0. The van der Waals surface area contributed by atoms with Crippen LogP contribution in [0.3, 0.4) is 0 Å². The van der Waals surface area contributed by atoms with Gasteiger partial charge in [-0.05, 0) is 18.9 Å². The third-order valence-electron chi connectivity index (χ3n) is 3.06. The standard InChI is InChI=1S/C13H25N3/c1-4-7-16-11-13(10-15-16)9-14-8-12(5-2)6-3/h10-12,14H,4-9H2,1-3H3. The molecule has 0 atom stereocenters. The van der Waals surface area contributed by atoms with Gasteiger partial charge in [-0.2, -0.15) is 5.10 Å². The lowest BCUT2D eigenvalue weighted by atomic mass is 10.0. The normalized spacial score (nSPS) is 11.2. The van der Waals surface area contributed by atoms with Crippen molar-refractivity contribution >= 4 is 0 Å². The molecule has 3 heteroatoms. The number of aryl methyl sites for hydroxylation is 1. The molecule has 0 aromatic carbocycles. The Morgan fingerprint density at radius 3 is 2.69 bits per heavy atom. The molecule has 0 fully saturated rings. The molecule has 3 nitrogen and oxygen atoms in total. The highest BCUT2D eigenvalue weighted by atomic mass is 15.3. The van der Waals surface area contributed by atoms with Gasteiger partial charge in [0.15, 0.2) is 0 Å². The summed E-state index contributed by atoms with van der Waals surface area (Å²) in [5.74, 6) is 0.811. The molecular weight excluding hydrogens is 198 g/mol. The summed E-state index contributed by atoms with van der Waals surface area (Å²) in [5.41, 5.74) is 1.29. The maximum Gasteiger partial charge on any atom is 0.0534 e. The average molecular weight is 223 g/mol. The van der Waals surface area contributed by atoms with Crippen LogP contribution in [0.25, 0.3) is 0 Å². The molecule has 0 aliphatic heterocycles. The lowest BCUT2D eigenvalue weighted by Gasteiger charge is -2.12. The van der Waals surface area contributed by atoms with Crippen molar-refractivity contribution in [2.45, 2.75) is 53.1 Å². The Hall–Kier alpha value is -0.830. The van der Waals surface area contributed by atoms with Gasteiger partial charge < -0.3 is 5.32 Å². The van der Waals surface area contributed by atoms with E-state index in [2.05, 4.69) is 37.4 Å². The minimum atomic E-state index is 0.811. The van der Waals surface area contributed by atoms with Gasteiger partial charge in [-0.1, -0.05) is 33.6 Å². The molecule has 1 heterocycles. The van der Waals surface area contributed by atoms with Gasteiger partial charge in [-0.15, -0.1) is 0 Å². The highest BCUT2D eigenvalue weighted by Gasteiger charge is 2.03. The molecule has 0 bridgehead atoms. The maximum atomic E-state index is 4.32. The highest BCUT2D eigenvalue weighted by molar-refractivity contribution is 5.03. The van der Waals surface area contributed by atoms with Crippen molar-refractivity contribution in [3.63, 3.8) is 0 Å². The van der Waals surface area contributed by atoms with E-state index >= 15 is 0 Å². The van der Waals surface area contributed by atoms with Crippen molar-refractivity contribution in [3.8, 4) is 0 Å². The van der Waals surface area contributed by atoms with Gasteiger partial charge in [0.2, 0.25) is 0 Å². The fraction of sp³-hybridized carbons (Fsp3) is 0.769. The van der Waals surface area contributed by atoms with E-state index in [4.69, 9.17) is 0 Å². The molecule has 1 aromatic heterocycles. The number of hydrogen-bond donors (Lipinski definition) is 1. The van der Waals surface area contributed by atoms with Crippen LogP contribution >= 0.6 is 0 Å². The van der Waals surface area contributed by atoms with E-state index in [1.165, 1.54) is 18.4 Å². The number of nitrogens with zero attached hydrogens (tertiary/aromatic N) is 2. The van der Waals surface area contributed by atoms with Crippen LogP contribution in [0.15, 0.2) is 12.4 Å². The van der Waals surface area contributed by atoms with Crippen LogP contribution in [0.5, 0.6) is 0 Å². The van der Waals surface area contributed by atoms with Gasteiger partial charge >= 0.3 is 0 Å². The molecule has 1 N–H and O–H groups in total. The van der Waals surface area contributed by atoms with E-state index in [1.807, 2.05) is 10.9 Å². The van der Waals surface area contributed by atoms with Gasteiger partial charge in [-0.25, -0.2) is 0 Å². The molecule has 16 heavy (non-hydrogen) atoms. The first-order valence-electron chi connectivity index (χ1n) is 6.52. The molecular formula is C13H25N3. The van der Waals surface area contributed by atoms with Crippen LogP contribution in [0.2, 0.25) is 0 Å². The Morgan fingerprint density at radius 2 is 2.06 bits per heavy atom. The summed E-state index contributed by atoms with van der Waals surface area (Å²) in [5, 5.41) is 7.83. The molecule has 1 aromatic rings. The SMILES string of the molecule is CCCn1cc(CNCC(CC)CC)cn1. The topological polar surface area (TPSA) is 29.9 Å². The number of hydrogen-bond acceptors (Lipinski definition) is 2. The Morgan fingerprint density at radius 1 is 1.31 bits per heavy atom. The third-order valence-corrected chi connectivity index (χ3v) is 3.06. The average Bonchev–Trinajstić information content (AvgIpc) is 2.73. The maximum absolute atomic E-state index is 4.32. The predicted octanol–water partition coefficient (Wildman–Crippen LogP) is 2.82. The van der Waals surface area contributed by atoms with Crippen molar-refractivity contribution in [1.29, 1.82) is 0 Å². The molecule has 0 amide bonds. The van der Waals surface area contributed by atoms with Crippen LogP contribution in [0, 0.1) is 5.92 Å². The Balaban J connectivity index is 2.25. The zero-order chi connectivity index (χ0) is 11.8. The van der Waals surface area contributed by atoms with Crippen molar-refractivity contribution in [2.75, 3.05) is 6.54 Å². The molecule has 92 valence electrons. The van der Waals surface area contributed by atoms with Crippen molar-refractivity contribution in [3.05, 3.63) is 18.0 Å². The Kier molecular flexibility index (Phi) is 6.16. The van der Waals surface area contributed by atoms with E-state index in [0.717, 1.165) is 32.0 Å². The van der Waals surface area contributed by atoms with Gasteiger partial charge in [-0.3, -0.25) is 4.68 Å². The van der Waals surface area contributed by atoms with Crippen LogP contribution in [0.4, 0.5) is 0 Å². The summed E-state index contributed by atoms with van der Waals surface area (Å²) in [4.78, 5) is 0. The molecule has 0 unspecified atom stereocenters. The minimum absolute atomic E-state index is 0.811. The number of aromatic nitrogens is 2. The second-order valence-corrected chi connectivity index (χ2v) is 4.43. The molecule has 0 aliphatic carbocycles. The van der Waals surface area contributed by atoms with Crippen molar-refractivity contribution < 1.29 is 0 Å². The van der Waals surface area contributed by atoms with E-state index in [-0.39, 0.29) is 0 Å². The Labute approximate surface area is 99.2 Å². The van der Waals surface area contributed by atoms with Crippen LogP contribution in [-0.2, 0) is 13.1 Å². The van der Waals surface area contributed by atoms with Gasteiger partial charge in [0, 0.05) is 24.8 Å². The molecule has 0 radical (unpaired) electrons. The van der Waals surface area contributed by atoms with Crippen molar-refractivity contribution in [1.82, 2.24) is 15.1 Å². The lowest BCUT2D eigenvalue weighted by Crippen LogP contribution is -2.21. The van der Waals surface area contributed by atoms with Crippen LogP contribution < -0.4 is 5.32 Å². The van der Waals surface area contributed by atoms with E-state index in [1.54, 1.807) is 0 Å². The molecule has 1 rings (SSSR count). The summed E-state index contributed by atoms with van der Waals surface area (Å²) < 4.78 is 2.02. The molecule has 0 spiro atoms. The minimum Gasteiger partial charge on any atom is -0.312 e. The predicted molar refractivity (Wildman–Crippen MR) is 68.3 cm³/mol. The monoisotopic (exact) mass is 223 g/mol. The fourth-order valence-electron chi connectivity index (χ4n) is 1.85. The Bertz CT molecular complexity index is 276. The first-order chi connectivity index (χ1) is 7.80. The number of rotatable bonds is 8. The van der Waals surface area contributed by atoms with Crippen molar-refractivity contribution in [2.24, 2.45) is 5.92 Å². The smallest absolute Gasteiger partial charge is 0.0534 e. The summed E-state index contributed by atoms with van der Waals surface area (Å²) >= 11 is 0. The van der Waals surface area contributed by atoms with Gasteiger partial charge in [0.1, 0.15) is 0 Å². The van der Waals surface area contributed by atoms with E-state index in [9.17, 15) is 0 Å². The molecule has 0 saturated carbocycles. The second-order valence-electron chi connectivity index (χ2n) is 4.43. The van der Waals surface area contributed by atoms with E-state index in [0.29, 0.717) is 0 Å². The molecule has 0 saturated heterocycles. The second kappa shape index (κ2) is 7.44. The third kappa shape index (κ3) is 4.35. The van der Waals surface area contributed by atoms with E-state index < -0.39 is 0 Å². The largest absolute Gasteiger partial charge is 0.312 e. The fourth-order valence-corrected chi connectivity index (χ4v) is 1.85. The lowest BCUT2D eigenvalue weighted by molar-refractivity contribution is 0.449. The van der Waals surface area contributed by atoms with Gasteiger partial charge in [0.05, 0.1) is 6.20 Å². The summed E-state index contributed by atoms with van der Waals surface area (Å²) in [6.07, 6.45) is 7.78. The summed E-state index contributed by atoms with van der Waals surface area (Å²) in [6.45, 7) is 9.77. The van der Waals surface area contributed by atoms with Crippen LogP contribution in [-0.4, -0.2) is 16.3 Å². The quantitative estimate of drug-likeness (QED) is 0.734. The number of nitrogens with one attached hydrogen (secondary N) is 1.